The average Bonchev–Trinajstić information content (AvgIpc) is 2.67. The summed E-state index contributed by atoms with van der Waals surface area (Å²) in [7, 11) is 0. The summed E-state index contributed by atoms with van der Waals surface area (Å²) in [5.74, 6) is -0.805. The Morgan fingerprint density at radius 1 is 1.04 bits per heavy atom. The Labute approximate surface area is 168 Å². The fraction of sp³-hybridized carbons (Fsp3) is 0.105. The number of halogens is 1. The molecule has 4 N–H and O–H groups in total. The highest BCUT2D eigenvalue weighted by atomic mass is 35.5. The van der Waals surface area contributed by atoms with Gasteiger partial charge in [-0.15, -0.1) is 0 Å². The summed E-state index contributed by atoms with van der Waals surface area (Å²) in [6.45, 7) is 1.57. The van der Waals surface area contributed by atoms with Crippen LogP contribution in [-0.2, 0) is 9.59 Å². The van der Waals surface area contributed by atoms with Crippen molar-refractivity contribution in [3.8, 4) is 0 Å². The summed E-state index contributed by atoms with van der Waals surface area (Å²) < 4.78 is 0. The van der Waals surface area contributed by atoms with Crippen molar-refractivity contribution in [2.75, 3.05) is 5.32 Å². The van der Waals surface area contributed by atoms with Gasteiger partial charge in [0, 0.05) is 16.8 Å². The highest BCUT2D eigenvalue weighted by Crippen LogP contribution is 2.12. The second-order valence-electron chi connectivity index (χ2n) is 5.55. The quantitative estimate of drug-likeness (QED) is 0.351. The van der Waals surface area contributed by atoms with Crippen LogP contribution in [0, 0.1) is 0 Å². The average molecular weight is 403 g/mol. The molecule has 2 amide bonds. The van der Waals surface area contributed by atoms with Crippen LogP contribution in [0.3, 0.4) is 0 Å². The number of anilines is 1. The highest BCUT2D eigenvalue weighted by Gasteiger charge is 2.14. The Balaban J connectivity index is 1.74. The molecule has 0 aromatic heterocycles. The molecule has 6 nitrogen and oxygen atoms in total. The molecule has 0 bridgehead atoms. The number of carbonyl (C=O) groups excluding carboxylic acids is 2. The molecular formula is C19H19ClN4O2S. The first-order valence-electron chi connectivity index (χ1n) is 8.10. The van der Waals surface area contributed by atoms with Crippen LogP contribution in [0.15, 0.2) is 60.7 Å². The predicted octanol–water partition coefficient (Wildman–Crippen LogP) is 2.88. The molecule has 140 valence electrons. The van der Waals surface area contributed by atoms with Gasteiger partial charge in [-0.25, -0.2) is 0 Å². The third-order valence-electron chi connectivity index (χ3n) is 3.38. The first-order chi connectivity index (χ1) is 12.9. The van der Waals surface area contributed by atoms with Crippen molar-refractivity contribution in [2.45, 2.75) is 13.0 Å². The standard InChI is InChI=1S/C19H19ClN4O2S/c1-13(21-17(25)12-7-14-5-3-2-4-6-14)18(26)23-24-19(27)22-16-10-8-15(20)9-11-16/h2-13H,1H3,(H,21,25)(H,23,26)(H2,22,24,27)/b12-7+/t13-/m0/s1. The van der Waals surface area contributed by atoms with Gasteiger partial charge in [-0.1, -0.05) is 41.9 Å². The first-order valence-corrected chi connectivity index (χ1v) is 8.89. The highest BCUT2D eigenvalue weighted by molar-refractivity contribution is 7.80. The number of hydrogen-bond donors (Lipinski definition) is 4. The van der Waals surface area contributed by atoms with Crippen LogP contribution in [0.2, 0.25) is 5.02 Å². The lowest BCUT2D eigenvalue weighted by atomic mass is 10.2. The SMILES string of the molecule is C[C@H](NC(=O)/C=C/c1ccccc1)C(=O)NNC(=S)Nc1ccc(Cl)cc1. The molecule has 2 aromatic carbocycles. The van der Waals surface area contributed by atoms with Gasteiger partial charge in [-0.3, -0.25) is 20.4 Å². The van der Waals surface area contributed by atoms with Gasteiger partial charge in [0.25, 0.3) is 5.91 Å². The van der Waals surface area contributed by atoms with Crippen molar-refractivity contribution >= 4 is 52.5 Å². The number of rotatable bonds is 5. The van der Waals surface area contributed by atoms with Crippen molar-refractivity contribution in [3.05, 3.63) is 71.3 Å². The summed E-state index contributed by atoms with van der Waals surface area (Å²) in [5.41, 5.74) is 6.63. The first kappa shape index (κ1) is 20.4. The topological polar surface area (TPSA) is 82.3 Å². The molecule has 0 saturated heterocycles. The minimum atomic E-state index is -0.747. The molecule has 0 heterocycles. The number of carbonyl (C=O) groups is 2. The summed E-state index contributed by atoms with van der Waals surface area (Å²) in [6, 6.07) is 15.6. The van der Waals surface area contributed by atoms with Gasteiger partial charge in [0.15, 0.2) is 5.11 Å². The maximum absolute atomic E-state index is 12.0. The zero-order chi connectivity index (χ0) is 19.6. The van der Waals surface area contributed by atoms with Crippen LogP contribution in [0.4, 0.5) is 5.69 Å². The Hall–Kier alpha value is -2.90. The summed E-state index contributed by atoms with van der Waals surface area (Å²) in [4.78, 5) is 23.9. The molecule has 0 fully saturated rings. The summed E-state index contributed by atoms with van der Waals surface area (Å²) >= 11 is 10.9. The molecule has 0 unspecified atom stereocenters. The maximum Gasteiger partial charge on any atom is 0.260 e. The van der Waals surface area contributed by atoms with E-state index in [1.807, 2.05) is 30.3 Å². The number of thiocarbonyl (C=S) groups is 1. The Kier molecular flexibility index (Phi) is 7.79. The lowest BCUT2D eigenvalue weighted by Gasteiger charge is -2.15. The molecule has 2 rings (SSSR count). The molecule has 0 saturated carbocycles. The van der Waals surface area contributed by atoms with Gasteiger partial charge in [0.1, 0.15) is 6.04 Å². The van der Waals surface area contributed by atoms with E-state index in [1.54, 1.807) is 37.3 Å². The largest absolute Gasteiger partial charge is 0.341 e. The molecule has 0 spiro atoms. The molecule has 0 aliphatic heterocycles. The van der Waals surface area contributed by atoms with Gasteiger partial charge < -0.3 is 10.6 Å². The van der Waals surface area contributed by atoms with E-state index in [0.717, 1.165) is 11.3 Å². The maximum atomic E-state index is 12.0. The lowest BCUT2D eigenvalue weighted by molar-refractivity contribution is -0.127. The number of amides is 2. The van der Waals surface area contributed by atoms with Crippen LogP contribution in [0.1, 0.15) is 12.5 Å². The van der Waals surface area contributed by atoms with Crippen molar-refractivity contribution in [3.63, 3.8) is 0 Å². The van der Waals surface area contributed by atoms with Crippen molar-refractivity contribution in [1.29, 1.82) is 0 Å². The van der Waals surface area contributed by atoms with Crippen molar-refractivity contribution < 1.29 is 9.59 Å². The molecule has 8 heteroatoms. The Morgan fingerprint density at radius 3 is 2.37 bits per heavy atom. The molecule has 0 aliphatic carbocycles. The normalized spacial score (nSPS) is 11.5. The van der Waals surface area contributed by atoms with Gasteiger partial charge in [0.2, 0.25) is 5.91 Å². The van der Waals surface area contributed by atoms with Crippen LogP contribution in [-0.4, -0.2) is 23.0 Å². The van der Waals surface area contributed by atoms with Gasteiger partial charge in [-0.2, -0.15) is 0 Å². The minimum absolute atomic E-state index is 0.202. The predicted molar refractivity (Wildman–Crippen MR) is 112 cm³/mol. The minimum Gasteiger partial charge on any atom is -0.341 e. The van der Waals surface area contributed by atoms with Crippen LogP contribution in [0.25, 0.3) is 6.08 Å². The fourth-order valence-corrected chi connectivity index (χ4v) is 2.28. The molecule has 2 aromatic rings. The van der Waals surface area contributed by atoms with Gasteiger partial charge in [0.05, 0.1) is 0 Å². The number of hydrogen-bond acceptors (Lipinski definition) is 3. The third-order valence-corrected chi connectivity index (χ3v) is 3.84. The second-order valence-corrected chi connectivity index (χ2v) is 6.39. The van der Waals surface area contributed by atoms with E-state index < -0.39 is 11.9 Å². The van der Waals surface area contributed by atoms with Crippen molar-refractivity contribution in [2.24, 2.45) is 0 Å². The summed E-state index contributed by atoms with van der Waals surface area (Å²) in [6.07, 6.45) is 3.04. The van der Waals surface area contributed by atoms with Crippen LogP contribution >= 0.6 is 23.8 Å². The van der Waals surface area contributed by atoms with E-state index in [1.165, 1.54) is 6.08 Å². The van der Waals surface area contributed by atoms with Crippen molar-refractivity contribution in [1.82, 2.24) is 16.2 Å². The number of hydrazine groups is 1. The second kappa shape index (κ2) is 10.3. The van der Waals surface area contributed by atoms with Gasteiger partial charge >= 0.3 is 0 Å². The Bertz CT molecular complexity index is 825. The molecule has 0 radical (unpaired) electrons. The van der Waals surface area contributed by atoms with E-state index >= 15 is 0 Å². The van der Waals surface area contributed by atoms with E-state index in [2.05, 4.69) is 21.5 Å². The monoisotopic (exact) mass is 402 g/mol. The van der Waals surface area contributed by atoms with E-state index in [0.29, 0.717) is 5.02 Å². The molecule has 27 heavy (non-hydrogen) atoms. The lowest BCUT2D eigenvalue weighted by Crippen LogP contribution is -2.51. The van der Waals surface area contributed by atoms with Crippen LogP contribution < -0.4 is 21.5 Å². The zero-order valence-electron chi connectivity index (χ0n) is 14.5. The fourth-order valence-electron chi connectivity index (χ4n) is 1.99. The third kappa shape index (κ3) is 7.47. The van der Waals surface area contributed by atoms with E-state index in [-0.39, 0.29) is 11.0 Å². The molecule has 1 atom stereocenters. The zero-order valence-corrected chi connectivity index (χ0v) is 16.1. The number of nitrogens with one attached hydrogen (secondary N) is 4. The van der Waals surface area contributed by atoms with E-state index in [9.17, 15) is 9.59 Å². The van der Waals surface area contributed by atoms with E-state index in [4.69, 9.17) is 23.8 Å². The number of benzene rings is 2. The van der Waals surface area contributed by atoms with Crippen LogP contribution in [0.5, 0.6) is 0 Å². The molecule has 0 aliphatic rings. The van der Waals surface area contributed by atoms with Gasteiger partial charge in [-0.05, 0) is 55.0 Å². The smallest absolute Gasteiger partial charge is 0.260 e. The Morgan fingerprint density at radius 2 is 1.70 bits per heavy atom. The summed E-state index contributed by atoms with van der Waals surface area (Å²) in [5, 5.41) is 6.28. The molecular weight excluding hydrogens is 384 g/mol.